The molecule has 2 heterocycles. The number of imide groups is 1. The molecular weight excluding hydrogens is 428 g/mol. The Morgan fingerprint density at radius 1 is 0.882 bits per heavy atom. The number of benzene rings is 3. The molecule has 0 unspecified atom stereocenters. The smallest absolute Gasteiger partial charge is 0.261 e. The first-order chi connectivity index (χ1) is 16.5. The first kappa shape index (κ1) is 21.6. The number of carbonyl (C=O) groups is 3. The van der Waals surface area contributed by atoms with Crippen LogP contribution in [-0.2, 0) is 17.9 Å². The molecule has 0 saturated carbocycles. The van der Waals surface area contributed by atoms with Gasteiger partial charge in [-0.3, -0.25) is 19.3 Å². The zero-order chi connectivity index (χ0) is 23.7. The summed E-state index contributed by atoms with van der Waals surface area (Å²) in [6.45, 7) is 2.99. The molecule has 1 N–H and O–H groups in total. The standard InChI is InChI=1S/C27H24N4O3/c1-18-10-12-19(13-11-18)17-31-23-9-5-4-8-22(23)29-24(31)16-28-25(32)14-15-30-26(33)20-6-2-3-7-21(20)27(30)34/h2-13H,14-17H2,1H3,(H,28,32). The van der Waals surface area contributed by atoms with Crippen LogP contribution in [0, 0.1) is 6.92 Å². The summed E-state index contributed by atoms with van der Waals surface area (Å²) in [6.07, 6.45) is 0.0314. The van der Waals surface area contributed by atoms with Crippen LogP contribution in [0.5, 0.6) is 0 Å². The highest BCUT2D eigenvalue weighted by atomic mass is 16.2. The van der Waals surface area contributed by atoms with Crippen molar-refractivity contribution in [2.24, 2.45) is 0 Å². The number of aromatic nitrogens is 2. The van der Waals surface area contributed by atoms with Crippen LogP contribution in [0.4, 0.5) is 0 Å². The number of hydrogen-bond donors (Lipinski definition) is 1. The van der Waals surface area contributed by atoms with Gasteiger partial charge in [0, 0.05) is 19.5 Å². The first-order valence-electron chi connectivity index (χ1n) is 11.2. The Kier molecular flexibility index (Phi) is 5.67. The molecule has 5 rings (SSSR count). The molecule has 0 radical (unpaired) electrons. The second-order valence-corrected chi connectivity index (χ2v) is 8.42. The molecule has 0 aliphatic carbocycles. The Labute approximate surface area is 197 Å². The largest absolute Gasteiger partial charge is 0.349 e. The summed E-state index contributed by atoms with van der Waals surface area (Å²) in [5, 5.41) is 2.90. The van der Waals surface area contributed by atoms with E-state index < -0.39 is 0 Å². The van der Waals surface area contributed by atoms with E-state index >= 15 is 0 Å². The van der Waals surface area contributed by atoms with Crippen LogP contribution in [0.15, 0.2) is 72.8 Å². The Morgan fingerprint density at radius 2 is 1.53 bits per heavy atom. The van der Waals surface area contributed by atoms with Crippen molar-refractivity contribution in [2.45, 2.75) is 26.4 Å². The van der Waals surface area contributed by atoms with Crippen LogP contribution in [0.1, 0.15) is 44.1 Å². The number of amides is 3. The van der Waals surface area contributed by atoms with Crippen molar-refractivity contribution in [1.82, 2.24) is 19.8 Å². The third kappa shape index (κ3) is 4.08. The lowest BCUT2D eigenvalue weighted by Gasteiger charge is -2.14. The number of rotatable bonds is 7. The van der Waals surface area contributed by atoms with Crippen molar-refractivity contribution in [1.29, 1.82) is 0 Å². The number of hydrogen-bond acceptors (Lipinski definition) is 4. The van der Waals surface area contributed by atoms with Crippen molar-refractivity contribution in [3.8, 4) is 0 Å². The van der Waals surface area contributed by atoms with Gasteiger partial charge in [-0.15, -0.1) is 0 Å². The molecule has 1 aliphatic heterocycles. The van der Waals surface area contributed by atoms with Gasteiger partial charge in [0.2, 0.25) is 5.91 Å². The van der Waals surface area contributed by atoms with Gasteiger partial charge < -0.3 is 9.88 Å². The minimum Gasteiger partial charge on any atom is -0.349 e. The molecule has 0 bridgehead atoms. The molecule has 0 spiro atoms. The highest BCUT2D eigenvalue weighted by molar-refractivity contribution is 6.21. The first-order valence-corrected chi connectivity index (χ1v) is 11.2. The lowest BCUT2D eigenvalue weighted by Crippen LogP contribution is -2.34. The molecule has 1 aromatic heterocycles. The third-order valence-electron chi connectivity index (χ3n) is 6.08. The monoisotopic (exact) mass is 452 g/mol. The predicted octanol–water partition coefficient (Wildman–Crippen LogP) is 3.70. The summed E-state index contributed by atoms with van der Waals surface area (Å²) in [4.78, 5) is 43.4. The van der Waals surface area contributed by atoms with Crippen molar-refractivity contribution < 1.29 is 14.4 Å². The van der Waals surface area contributed by atoms with E-state index in [1.807, 2.05) is 24.3 Å². The molecular formula is C27H24N4O3. The van der Waals surface area contributed by atoms with Gasteiger partial charge in [0.05, 0.1) is 28.7 Å². The Morgan fingerprint density at radius 3 is 2.24 bits per heavy atom. The van der Waals surface area contributed by atoms with Crippen molar-refractivity contribution in [2.75, 3.05) is 6.54 Å². The van der Waals surface area contributed by atoms with Gasteiger partial charge in [-0.2, -0.15) is 0 Å². The molecule has 34 heavy (non-hydrogen) atoms. The summed E-state index contributed by atoms with van der Waals surface area (Å²) >= 11 is 0. The van der Waals surface area contributed by atoms with E-state index in [4.69, 9.17) is 4.98 Å². The van der Waals surface area contributed by atoms with Crippen molar-refractivity contribution >= 4 is 28.8 Å². The maximum absolute atomic E-state index is 12.6. The highest BCUT2D eigenvalue weighted by Crippen LogP contribution is 2.22. The van der Waals surface area contributed by atoms with E-state index in [0.717, 1.165) is 27.3 Å². The maximum atomic E-state index is 12.6. The fourth-order valence-corrected chi connectivity index (χ4v) is 4.23. The molecule has 0 saturated heterocycles. The molecule has 4 aromatic rings. The molecule has 0 atom stereocenters. The minimum absolute atomic E-state index is 0.0314. The molecule has 3 aromatic carbocycles. The zero-order valence-corrected chi connectivity index (χ0v) is 18.8. The lowest BCUT2D eigenvalue weighted by molar-refractivity contribution is -0.121. The predicted molar refractivity (Wildman–Crippen MR) is 128 cm³/mol. The Hall–Kier alpha value is -4.26. The quantitative estimate of drug-likeness (QED) is 0.434. The van der Waals surface area contributed by atoms with E-state index in [9.17, 15) is 14.4 Å². The van der Waals surface area contributed by atoms with E-state index in [-0.39, 0.29) is 37.2 Å². The second kappa shape index (κ2) is 8.94. The number of imidazole rings is 1. The molecule has 170 valence electrons. The van der Waals surface area contributed by atoms with Crippen LogP contribution >= 0.6 is 0 Å². The van der Waals surface area contributed by atoms with E-state index in [0.29, 0.717) is 17.7 Å². The van der Waals surface area contributed by atoms with E-state index in [1.54, 1.807) is 24.3 Å². The molecule has 0 fully saturated rings. The van der Waals surface area contributed by atoms with Gasteiger partial charge in [0.1, 0.15) is 5.82 Å². The van der Waals surface area contributed by atoms with Gasteiger partial charge in [0.25, 0.3) is 11.8 Å². The fraction of sp³-hybridized carbons (Fsp3) is 0.185. The normalized spacial score (nSPS) is 12.9. The second-order valence-electron chi connectivity index (χ2n) is 8.42. The number of nitrogens with one attached hydrogen (secondary N) is 1. The molecule has 7 heteroatoms. The van der Waals surface area contributed by atoms with Crippen molar-refractivity contribution in [3.63, 3.8) is 0 Å². The number of para-hydroxylation sites is 2. The number of nitrogens with zero attached hydrogens (tertiary/aromatic N) is 3. The number of carbonyl (C=O) groups excluding carboxylic acids is 3. The van der Waals surface area contributed by atoms with Gasteiger partial charge in [-0.25, -0.2) is 4.98 Å². The third-order valence-corrected chi connectivity index (χ3v) is 6.08. The van der Waals surface area contributed by atoms with Gasteiger partial charge in [-0.05, 0) is 36.8 Å². The van der Waals surface area contributed by atoms with Crippen LogP contribution in [-0.4, -0.2) is 38.7 Å². The summed E-state index contributed by atoms with van der Waals surface area (Å²) in [7, 11) is 0. The summed E-state index contributed by atoms with van der Waals surface area (Å²) in [5.74, 6) is -0.206. The SMILES string of the molecule is Cc1ccc(Cn2c(CNC(=O)CCN3C(=O)c4ccccc4C3=O)nc3ccccc32)cc1. The zero-order valence-electron chi connectivity index (χ0n) is 18.8. The number of fused-ring (bicyclic) bond motifs is 2. The molecule has 1 aliphatic rings. The number of aryl methyl sites for hydroxylation is 1. The van der Waals surface area contributed by atoms with Crippen LogP contribution in [0.2, 0.25) is 0 Å². The maximum Gasteiger partial charge on any atom is 0.261 e. The Balaban J connectivity index is 1.26. The summed E-state index contributed by atoms with van der Waals surface area (Å²) in [5.41, 5.74) is 4.98. The van der Waals surface area contributed by atoms with Gasteiger partial charge in [-0.1, -0.05) is 54.1 Å². The average molecular weight is 453 g/mol. The van der Waals surface area contributed by atoms with Crippen molar-refractivity contribution in [3.05, 3.63) is 101 Å². The lowest BCUT2D eigenvalue weighted by atomic mass is 10.1. The van der Waals surface area contributed by atoms with Crippen LogP contribution in [0.25, 0.3) is 11.0 Å². The Bertz CT molecular complexity index is 1370. The van der Waals surface area contributed by atoms with E-state index in [2.05, 4.69) is 41.1 Å². The minimum atomic E-state index is -0.353. The highest BCUT2D eigenvalue weighted by Gasteiger charge is 2.34. The van der Waals surface area contributed by atoms with Crippen LogP contribution < -0.4 is 5.32 Å². The molecule has 3 amide bonds. The average Bonchev–Trinajstić information content (AvgIpc) is 3.32. The summed E-state index contributed by atoms with van der Waals surface area (Å²) < 4.78 is 2.10. The topological polar surface area (TPSA) is 84.3 Å². The van der Waals surface area contributed by atoms with Gasteiger partial charge in [0.15, 0.2) is 0 Å². The molecule has 7 nitrogen and oxygen atoms in total. The van der Waals surface area contributed by atoms with Gasteiger partial charge >= 0.3 is 0 Å². The summed E-state index contributed by atoms with van der Waals surface area (Å²) in [6, 6.07) is 22.9. The fourth-order valence-electron chi connectivity index (χ4n) is 4.23. The van der Waals surface area contributed by atoms with Crippen LogP contribution in [0.3, 0.4) is 0 Å². The van der Waals surface area contributed by atoms with E-state index in [1.165, 1.54) is 5.56 Å².